The smallest absolute Gasteiger partial charge is 0.466 e. The zero-order chi connectivity index (χ0) is 25.9. The van der Waals surface area contributed by atoms with Crippen LogP contribution in [0.2, 0.25) is 0 Å². The Labute approximate surface area is 202 Å². The highest BCUT2D eigenvalue weighted by molar-refractivity contribution is 7.13. The van der Waals surface area contributed by atoms with Gasteiger partial charge in [0.15, 0.2) is 0 Å². The SMILES string of the molecule is O=C(N[C@H]1CC[C@H](c2nnc(OCCOC(F)(F)F)s2)OC1)c1cnc2cc(C(F)(F)F)ccc2n1. The molecule has 0 bridgehead atoms. The maximum Gasteiger partial charge on any atom is 0.522 e. The molecule has 0 spiro atoms. The van der Waals surface area contributed by atoms with Gasteiger partial charge in [0.05, 0.1) is 42.0 Å². The lowest BCUT2D eigenvalue weighted by Crippen LogP contribution is -2.41. The van der Waals surface area contributed by atoms with Crippen LogP contribution in [-0.4, -0.2) is 58.3 Å². The van der Waals surface area contributed by atoms with E-state index in [2.05, 4.69) is 30.2 Å². The standard InChI is InChI=1S/C20H17F6N5O4S/c21-19(22,23)10-1-3-12-13(7-10)27-8-14(29-12)16(32)28-11-2-4-15(34-9-11)17-30-31-18(36-17)33-5-6-35-20(24,25)26/h1,3,7-8,11,15H,2,4-6,9H2,(H,28,32)/t11-,15+/m0/s1. The number of halogens is 6. The number of rotatable bonds is 7. The largest absolute Gasteiger partial charge is 0.522 e. The molecule has 16 heteroatoms. The fraction of sp³-hybridized carbons (Fsp3) is 0.450. The average Bonchev–Trinajstić information content (AvgIpc) is 3.29. The second-order valence-corrected chi connectivity index (χ2v) is 8.55. The highest BCUT2D eigenvalue weighted by Gasteiger charge is 2.31. The van der Waals surface area contributed by atoms with Crippen molar-refractivity contribution in [1.82, 2.24) is 25.5 Å². The fourth-order valence-electron chi connectivity index (χ4n) is 3.31. The Hall–Kier alpha value is -3.11. The van der Waals surface area contributed by atoms with Gasteiger partial charge in [-0.05, 0) is 31.0 Å². The van der Waals surface area contributed by atoms with Crippen LogP contribution >= 0.6 is 11.3 Å². The first-order valence-electron chi connectivity index (χ1n) is 10.4. The number of aromatic nitrogens is 4. The predicted molar refractivity (Wildman–Crippen MR) is 111 cm³/mol. The highest BCUT2D eigenvalue weighted by Crippen LogP contribution is 2.33. The number of alkyl halides is 6. The molecule has 2 aromatic heterocycles. The summed E-state index contributed by atoms with van der Waals surface area (Å²) >= 11 is 1.03. The van der Waals surface area contributed by atoms with Crippen molar-refractivity contribution in [3.05, 3.63) is 40.7 Å². The number of hydrogen-bond acceptors (Lipinski definition) is 9. The van der Waals surface area contributed by atoms with Gasteiger partial charge in [-0.15, -0.1) is 18.3 Å². The van der Waals surface area contributed by atoms with E-state index >= 15 is 0 Å². The molecular weight excluding hydrogens is 520 g/mol. The third kappa shape index (κ3) is 6.76. The summed E-state index contributed by atoms with van der Waals surface area (Å²) in [5.74, 6) is -0.552. The number of nitrogens with zero attached hydrogens (tertiary/aromatic N) is 4. The van der Waals surface area contributed by atoms with E-state index in [1.165, 1.54) is 0 Å². The molecule has 1 saturated heterocycles. The molecule has 1 N–H and O–H groups in total. The number of fused-ring (bicyclic) bond motifs is 1. The van der Waals surface area contributed by atoms with Gasteiger partial charge in [-0.25, -0.2) is 4.98 Å². The molecule has 1 amide bonds. The zero-order valence-corrected chi connectivity index (χ0v) is 18.9. The summed E-state index contributed by atoms with van der Waals surface area (Å²) in [6.07, 6.45) is -7.59. The van der Waals surface area contributed by atoms with Crippen LogP contribution < -0.4 is 10.1 Å². The number of carbonyl (C=O) groups is 1. The molecule has 3 aromatic rings. The molecule has 0 saturated carbocycles. The Morgan fingerprint density at radius 2 is 1.92 bits per heavy atom. The molecule has 2 atom stereocenters. The first kappa shape index (κ1) is 26.0. The monoisotopic (exact) mass is 537 g/mol. The van der Waals surface area contributed by atoms with E-state index in [4.69, 9.17) is 9.47 Å². The summed E-state index contributed by atoms with van der Waals surface area (Å²) in [5, 5.41) is 11.0. The highest BCUT2D eigenvalue weighted by atomic mass is 32.1. The van der Waals surface area contributed by atoms with Crippen LogP contribution in [0.25, 0.3) is 11.0 Å². The molecule has 0 aliphatic carbocycles. The molecular formula is C20H17F6N5O4S. The summed E-state index contributed by atoms with van der Waals surface area (Å²) in [7, 11) is 0. The molecule has 3 heterocycles. The van der Waals surface area contributed by atoms with E-state index in [0.717, 1.165) is 35.7 Å². The molecule has 1 aliphatic heterocycles. The third-order valence-corrected chi connectivity index (χ3v) is 5.91. The molecule has 1 aliphatic rings. The number of ether oxygens (including phenoxy) is 3. The molecule has 4 rings (SSSR count). The van der Waals surface area contributed by atoms with Crippen LogP contribution in [0.4, 0.5) is 26.3 Å². The van der Waals surface area contributed by atoms with Gasteiger partial charge < -0.3 is 14.8 Å². The Morgan fingerprint density at radius 1 is 1.11 bits per heavy atom. The first-order valence-corrected chi connectivity index (χ1v) is 11.2. The summed E-state index contributed by atoms with van der Waals surface area (Å²) in [6.45, 7) is -0.896. The van der Waals surface area contributed by atoms with Crippen molar-refractivity contribution in [2.45, 2.75) is 37.5 Å². The first-order chi connectivity index (χ1) is 17.0. The van der Waals surface area contributed by atoms with Crippen LogP contribution in [0.15, 0.2) is 24.4 Å². The topological polar surface area (TPSA) is 108 Å². The summed E-state index contributed by atoms with van der Waals surface area (Å²) in [4.78, 5) is 20.6. The molecule has 194 valence electrons. The minimum Gasteiger partial charge on any atom is -0.466 e. The van der Waals surface area contributed by atoms with Crippen molar-refractivity contribution in [2.75, 3.05) is 19.8 Å². The summed E-state index contributed by atoms with van der Waals surface area (Å²) < 4.78 is 88.8. The predicted octanol–water partition coefficient (Wildman–Crippen LogP) is 4.07. The Kier molecular flexibility index (Phi) is 7.56. The number of carbonyl (C=O) groups excluding carboxylic acids is 1. The number of nitrogens with one attached hydrogen (secondary N) is 1. The van der Waals surface area contributed by atoms with Gasteiger partial charge in [0.1, 0.15) is 23.4 Å². The van der Waals surface area contributed by atoms with Gasteiger partial charge in [0.2, 0.25) is 0 Å². The van der Waals surface area contributed by atoms with Gasteiger partial charge in [-0.2, -0.15) is 13.2 Å². The third-order valence-electron chi connectivity index (χ3n) is 4.99. The second kappa shape index (κ2) is 10.5. The Balaban J connectivity index is 1.27. The van der Waals surface area contributed by atoms with Crippen LogP contribution in [0.3, 0.4) is 0 Å². The van der Waals surface area contributed by atoms with Gasteiger partial charge in [0, 0.05) is 0 Å². The minimum absolute atomic E-state index is 0.0125. The van der Waals surface area contributed by atoms with Crippen LogP contribution in [0.1, 0.15) is 40.0 Å². The van der Waals surface area contributed by atoms with E-state index in [9.17, 15) is 31.1 Å². The van der Waals surface area contributed by atoms with Gasteiger partial charge in [0.25, 0.3) is 11.1 Å². The fourth-order valence-corrected chi connectivity index (χ4v) is 4.11. The van der Waals surface area contributed by atoms with Gasteiger partial charge >= 0.3 is 12.5 Å². The second-order valence-electron chi connectivity index (χ2n) is 7.58. The lowest BCUT2D eigenvalue weighted by molar-refractivity contribution is -0.325. The van der Waals surface area contributed by atoms with E-state index in [1.54, 1.807) is 0 Å². The van der Waals surface area contributed by atoms with Crippen molar-refractivity contribution in [2.24, 2.45) is 0 Å². The maximum atomic E-state index is 12.8. The van der Waals surface area contributed by atoms with Gasteiger partial charge in [-0.1, -0.05) is 16.4 Å². The normalized spacial score (nSPS) is 18.8. The van der Waals surface area contributed by atoms with Crippen molar-refractivity contribution in [3.8, 4) is 5.19 Å². The maximum absolute atomic E-state index is 12.8. The molecule has 0 unspecified atom stereocenters. The lowest BCUT2D eigenvalue weighted by Gasteiger charge is -2.28. The van der Waals surface area contributed by atoms with E-state index in [1.807, 2.05) is 0 Å². The zero-order valence-electron chi connectivity index (χ0n) is 18.1. The molecule has 0 radical (unpaired) electrons. The van der Waals surface area contributed by atoms with Crippen LogP contribution in [0, 0.1) is 0 Å². The molecule has 1 fully saturated rings. The quantitative estimate of drug-likeness (QED) is 0.355. The van der Waals surface area contributed by atoms with Crippen LogP contribution in [0.5, 0.6) is 5.19 Å². The van der Waals surface area contributed by atoms with E-state index in [0.29, 0.717) is 17.8 Å². The summed E-state index contributed by atoms with van der Waals surface area (Å²) in [6, 6.07) is 2.52. The Morgan fingerprint density at radius 3 is 2.61 bits per heavy atom. The molecule has 1 aromatic carbocycles. The Bertz CT molecular complexity index is 1210. The average molecular weight is 537 g/mol. The van der Waals surface area contributed by atoms with Crippen molar-refractivity contribution >= 4 is 28.3 Å². The van der Waals surface area contributed by atoms with Gasteiger partial charge in [-0.3, -0.25) is 14.5 Å². The molecule has 36 heavy (non-hydrogen) atoms. The molecule has 9 nitrogen and oxygen atoms in total. The van der Waals surface area contributed by atoms with Crippen LogP contribution in [-0.2, 0) is 15.7 Å². The van der Waals surface area contributed by atoms with Crippen molar-refractivity contribution in [1.29, 1.82) is 0 Å². The van der Waals surface area contributed by atoms with E-state index in [-0.39, 0.29) is 41.2 Å². The summed E-state index contributed by atoms with van der Waals surface area (Å²) in [5.41, 5.74) is -0.752. The number of benzene rings is 1. The van der Waals surface area contributed by atoms with Crippen molar-refractivity contribution < 1.29 is 45.3 Å². The van der Waals surface area contributed by atoms with E-state index < -0.39 is 36.7 Å². The number of hydrogen-bond donors (Lipinski definition) is 1. The van der Waals surface area contributed by atoms with Crippen molar-refractivity contribution in [3.63, 3.8) is 0 Å². The number of amides is 1. The minimum atomic E-state index is -4.74. The lowest BCUT2D eigenvalue weighted by atomic mass is 10.1.